The number of aromatic nitrogens is 2. The molecule has 0 bridgehead atoms. The van der Waals surface area contributed by atoms with Gasteiger partial charge in [0.05, 0.1) is 13.4 Å². The van der Waals surface area contributed by atoms with Crippen molar-refractivity contribution >= 4 is 0 Å². The van der Waals surface area contributed by atoms with Crippen LogP contribution in [-0.4, -0.2) is 17.1 Å². The first-order valence-corrected chi connectivity index (χ1v) is 6.71. The normalized spacial score (nSPS) is 11.6. The Morgan fingerprint density at radius 2 is 2.05 bits per heavy atom. The van der Waals surface area contributed by atoms with Gasteiger partial charge in [-0.15, -0.1) is 0 Å². The summed E-state index contributed by atoms with van der Waals surface area (Å²) in [5, 5.41) is 0. The highest BCUT2D eigenvalue weighted by Gasteiger charge is 2.19. The second kappa shape index (κ2) is 5.47. The van der Waals surface area contributed by atoms with Crippen molar-refractivity contribution in [2.75, 3.05) is 7.11 Å². The monoisotopic (exact) mass is 258 g/mol. The molecule has 3 nitrogen and oxygen atoms in total. The van der Waals surface area contributed by atoms with Crippen molar-refractivity contribution in [3.63, 3.8) is 0 Å². The molecule has 0 aliphatic heterocycles. The molecule has 102 valence electrons. The minimum atomic E-state index is 0.164. The lowest BCUT2D eigenvalue weighted by atomic mass is 9.81. The first-order chi connectivity index (χ1) is 9.05. The summed E-state index contributed by atoms with van der Waals surface area (Å²) in [4.78, 5) is 7.20. The maximum Gasteiger partial charge on any atom is 0.119 e. The number of H-pyrrole nitrogens is 1. The van der Waals surface area contributed by atoms with Gasteiger partial charge in [0.15, 0.2) is 0 Å². The number of hydrogen-bond acceptors (Lipinski definition) is 2. The van der Waals surface area contributed by atoms with Crippen LogP contribution in [0, 0.1) is 0 Å². The smallest absolute Gasteiger partial charge is 0.119 e. The van der Waals surface area contributed by atoms with Gasteiger partial charge in [-0.2, -0.15) is 0 Å². The van der Waals surface area contributed by atoms with Crippen molar-refractivity contribution in [3.05, 3.63) is 47.5 Å². The van der Waals surface area contributed by atoms with Crippen molar-refractivity contribution in [1.82, 2.24) is 9.97 Å². The van der Waals surface area contributed by atoms with Gasteiger partial charge in [0.1, 0.15) is 5.75 Å². The predicted octanol–water partition coefficient (Wildman–Crippen LogP) is 3.70. The summed E-state index contributed by atoms with van der Waals surface area (Å²) in [5.74, 6) is 0.925. The van der Waals surface area contributed by atoms with Crippen LogP contribution >= 0.6 is 0 Å². The molecule has 1 N–H and O–H groups in total. The number of benzene rings is 1. The Morgan fingerprint density at radius 1 is 1.26 bits per heavy atom. The summed E-state index contributed by atoms with van der Waals surface area (Å²) in [7, 11) is 1.72. The highest BCUT2D eigenvalue weighted by atomic mass is 16.5. The molecule has 1 heterocycles. The quantitative estimate of drug-likeness (QED) is 0.888. The van der Waals surface area contributed by atoms with Crippen LogP contribution < -0.4 is 4.74 Å². The lowest BCUT2D eigenvalue weighted by molar-refractivity contribution is 0.410. The minimum Gasteiger partial charge on any atom is -0.497 e. The van der Waals surface area contributed by atoms with E-state index in [0.717, 1.165) is 24.3 Å². The number of imidazole rings is 1. The molecule has 0 aliphatic carbocycles. The largest absolute Gasteiger partial charge is 0.497 e. The summed E-state index contributed by atoms with van der Waals surface area (Å²) in [6.45, 7) is 6.75. The van der Waals surface area contributed by atoms with Crippen molar-refractivity contribution in [2.24, 2.45) is 0 Å². The Hall–Kier alpha value is -1.77. The number of nitrogens with zero attached hydrogens (tertiary/aromatic N) is 1. The molecule has 0 atom stereocenters. The van der Waals surface area contributed by atoms with Gasteiger partial charge in [0.25, 0.3) is 0 Å². The van der Waals surface area contributed by atoms with Gasteiger partial charge in [-0.3, -0.25) is 0 Å². The Morgan fingerprint density at radius 3 is 2.63 bits per heavy atom. The van der Waals surface area contributed by atoms with Crippen molar-refractivity contribution in [1.29, 1.82) is 0 Å². The van der Waals surface area contributed by atoms with Crippen LogP contribution in [0.4, 0.5) is 0 Å². The van der Waals surface area contributed by atoms with Crippen LogP contribution in [0.15, 0.2) is 30.7 Å². The fourth-order valence-electron chi connectivity index (χ4n) is 2.08. The van der Waals surface area contributed by atoms with E-state index in [1.807, 2.05) is 6.20 Å². The molecule has 3 heteroatoms. The molecule has 0 unspecified atom stereocenters. The Balaban J connectivity index is 2.36. The van der Waals surface area contributed by atoms with Gasteiger partial charge in [-0.1, -0.05) is 26.8 Å². The number of ether oxygens (including phenoxy) is 1. The lowest BCUT2D eigenvalue weighted by Crippen LogP contribution is -2.16. The molecular weight excluding hydrogens is 236 g/mol. The molecule has 2 aromatic rings. The first kappa shape index (κ1) is 13.7. The summed E-state index contributed by atoms with van der Waals surface area (Å²) < 4.78 is 5.43. The summed E-state index contributed by atoms with van der Waals surface area (Å²) in [5.41, 5.74) is 3.86. The first-order valence-electron chi connectivity index (χ1n) is 6.71. The van der Waals surface area contributed by atoms with E-state index in [1.54, 1.807) is 13.4 Å². The molecule has 0 spiro atoms. The van der Waals surface area contributed by atoms with Crippen molar-refractivity contribution in [3.8, 4) is 5.75 Å². The molecule has 0 radical (unpaired) electrons. The molecule has 1 aromatic heterocycles. The van der Waals surface area contributed by atoms with Gasteiger partial charge in [-0.25, -0.2) is 4.98 Å². The predicted molar refractivity (Wildman–Crippen MR) is 77.7 cm³/mol. The van der Waals surface area contributed by atoms with Crippen molar-refractivity contribution < 1.29 is 4.74 Å². The van der Waals surface area contributed by atoms with E-state index < -0.39 is 0 Å². The highest BCUT2D eigenvalue weighted by molar-refractivity contribution is 5.39. The van der Waals surface area contributed by atoms with E-state index in [4.69, 9.17) is 4.74 Å². The number of aromatic amines is 1. The number of hydrogen-bond donors (Lipinski definition) is 1. The van der Waals surface area contributed by atoms with Gasteiger partial charge in [0.2, 0.25) is 0 Å². The second-order valence-electron chi connectivity index (χ2n) is 5.56. The zero-order chi connectivity index (χ0) is 13.9. The molecule has 0 saturated carbocycles. The third-order valence-corrected chi connectivity index (χ3v) is 3.82. The van der Waals surface area contributed by atoms with E-state index in [2.05, 4.69) is 48.9 Å². The summed E-state index contributed by atoms with van der Waals surface area (Å²) in [6.07, 6.45) is 5.53. The molecule has 0 fully saturated rings. The van der Waals surface area contributed by atoms with Gasteiger partial charge >= 0.3 is 0 Å². The van der Waals surface area contributed by atoms with E-state index in [-0.39, 0.29) is 5.41 Å². The topological polar surface area (TPSA) is 37.9 Å². The summed E-state index contributed by atoms with van der Waals surface area (Å²) >= 11 is 0. The Labute approximate surface area is 115 Å². The molecule has 1 aromatic carbocycles. The molecule has 0 saturated heterocycles. The van der Waals surface area contributed by atoms with E-state index in [0.29, 0.717) is 0 Å². The van der Waals surface area contributed by atoms with E-state index >= 15 is 0 Å². The van der Waals surface area contributed by atoms with Crippen LogP contribution in [0.2, 0.25) is 0 Å². The average molecular weight is 258 g/mol. The van der Waals surface area contributed by atoms with Gasteiger partial charge in [0, 0.05) is 18.3 Å². The number of nitrogens with one attached hydrogen (secondary N) is 1. The maximum atomic E-state index is 5.43. The Kier molecular flexibility index (Phi) is 3.93. The fourth-order valence-corrected chi connectivity index (χ4v) is 2.08. The molecular formula is C16H22N2O. The third kappa shape index (κ3) is 3.16. The molecule has 19 heavy (non-hydrogen) atoms. The van der Waals surface area contributed by atoms with E-state index in [1.165, 1.54) is 11.1 Å². The standard InChI is InChI=1S/C16H22N2O/c1-5-16(2,3)13-6-12(8-15(9-13)19-4)7-14-10-17-11-18-14/h6,8-11H,5,7H2,1-4H3,(H,17,18). The molecule has 0 amide bonds. The van der Waals surface area contributed by atoms with Crippen LogP contribution in [0.5, 0.6) is 5.75 Å². The number of rotatable bonds is 5. The number of methoxy groups -OCH3 is 1. The fraction of sp³-hybridized carbons (Fsp3) is 0.438. The van der Waals surface area contributed by atoms with Crippen LogP contribution in [-0.2, 0) is 11.8 Å². The highest BCUT2D eigenvalue weighted by Crippen LogP contribution is 2.31. The third-order valence-electron chi connectivity index (χ3n) is 3.82. The zero-order valence-electron chi connectivity index (χ0n) is 12.2. The minimum absolute atomic E-state index is 0.164. The second-order valence-corrected chi connectivity index (χ2v) is 5.56. The van der Waals surface area contributed by atoms with Crippen LogP contribution in [0.25, 0.3) is 0 Å². The molecule has 0 aliphatic rings. The van der Waals surface area contributed by atoms with Gasteiger partial charge < -0.3 is 9.72 Å². The average Bonchev–Trinajstić information content (AvgIpc) is 2.91. The Bertz CT molecular complexity index is 530. The maximum absolute atomic E-state index is 5.43. The summed E-state index contributed by atoms with van der Waals surface area (Å²) in [6, 6.07) is 6.50. The molecule has 2 rings (SSSR count). The zero-order valence-corrected chi connectivity index (χ0v) is 12.2. The van der Waals surface area contributed by atoms with Crippen LogP contribution in [0.1, 0.15) is 44.0 Å². The van der Waals surface area contributed by atoms with Gasteiger partial charge in [-0.05, 0) is 35.1 Å². The SMILES string of the molecule is CCC(C)(C)c1cc(Cc2cnc[nH]2)cc(OC)c1. The van der Waals surface area contributed by atoms with Crippen molar-refractivity contribution in [2.45, 2.75) is 39.0 Å². The van der Waals surface area contributed by atoms with Crippen LogP contribution in [0.3, 0.4) is 0 Å². The lowest BCUT2D eigenvalue weighted by Gasteiger charge is -2.24. The van der Waals surface area contributed by atoms with E-state index in [9.17, 15) is 0 Å².